The summed E-state index contributed by atoms with van der Waals surface area (Å²) < 4.78 is 27.8. The average molecular weight is 302 g/mol. The van der Waals surface area contributed by atoms with Gasteiger partial charge in [-0.05, 0) is 13.8 Å². The van der Waals surface area contributed by atoms with Gasteiger partial charge in [-0.25, -0.2) is 8.42 Å². The molecular weight excluding hydrogens is 280 g/mol. The lowest BCUT2D eigenvalue weighted by atomic mass is 10.1. The Kier molecular flexibility index (Phi) is 4.19. The zero-order valence-corrected chi connectivity index (χ0v) is 13.0. The van der Waals surface area contributed by atoms with Gasteiger partial charge in [-0.1, -0.05) is 0 Å². The van der Waals surface area contributed by atoms with Crippen LogP contribution in [0, 0.1) is 0 Å². The van der Waals surface area contributed by atoms with E-state index in [0.717, 1.165) is 0 Å². The highest BCUT2D eigenvalue weighted by atomic mass is 32.2. The summed E-state index contributed by atoms with van der Waals surface area (Å²) in [5, 5.41) is 13.7. The van der Waals surface area contributed by atoms with Crippen molar-refractivity contribution in [1.82, 2.24) is 19.0 Å². The summed E-state index contributed by atoms with van der Waals surface area (Å²) in [6.07, 6.45) is 2.89. The standard InChI is InChI=1S/C12H22N4O3S/c1-12(2,17)10-15-4-6-16(7-5-15)20(18,19)11-8-13-14(3)9-11/h8-9,17H,4-7,10H2,1-3H3. The molecule has 1 N–H and O–H groups in total. The van der Waals surface area contributed by atoms with Crippen LogP contribution >= 0.6 is 0 Å². The average Bonchev–Trinajstić information content (AvgIpc) is 2.75. The smallest absolute Gasteiger partial charge is 0.246 e. The van der Waals surface area contributed by atoms with Gasteiger partial charge >= 0.3 is 0 Å². The normalized spacial score (nSPS) is 19.4. The Bertz CT molecular complexity index is 554. The molecule has 7 nitrogen and oxygen atoms in total. The summed E-state index contributed by atoms with van der Waals surface area (Å²) in [5.74, 6) is 0. The minimum absolute atomic E-state index is 0.232. The molecule has 0 radical (unpaired) electrons. The second kappa shape index (κ2) is 5.44. The Hall–Kier alpha value is -0.960. The number of piperazine rings is 1. The molecule has 1 aliphatic heterocycles. The van der Waals surface area contributed by atoms with Crippen molar-refractivity contribution < 1.29 is 13.5 Å². The van der Waals surface area contributed by atoms with E-state index in [4.69, 9.17) is 0 Å². The highest BCUT2D eigenvalue weighted by Crippen LogP contribution is 2.17. The predicted molar refractivity (Wildman–Crippen MR) is 74.7 cm³/mol. The molecule has 0 atom stereocenters. The molecule has 0 aliphatic carbocycles. The fraction of sp³-hybridized carbons (Fsp3) is 0.750. The first-order valence-electron chi connectivity index (χ1n) is 6.62. The third kappa shape index (κ3) is 3.57. The molecule has 1 aliphatic rings. The summed E-state index contributed by atoms with van der Waals surface area (Å²) in [6.45, 7) is 6.19. The van der Waals surface area contributed by atoms with E-state index in [1.807, 2.05) is 0 Å². The van der Waals surface area contributed by atoms with E-state index < -0.39 is 15.6 Å². The number of aryl methyl sites for hydroxylation is 1. The largest absolute Gasteiger partial charge is 0.389 e. The molecule has 8 heteroatoms. The Morgan fingerprint density at radius 1 is 1.30 bits per heavy atom. The van der Waals surface area contributed by atoms with Crippen molar-refractivity contribution in [2.24, 2.45) is 7.05 Å². The molecule has 2 rings (SSSR count). The molecule has 0 spiro atoms. The lowest BCUT2D eigenvalue weighted by Crippen LogP contribution is -2.51. The van der Waals surface area contributed by atoms with Crippen molar-refractivity contribution >= 4 is 10.0 Å². The van der Waals surface area contributed by atoms with Crippen LogP contribution in [0.15, 0.2) is 17.3 Å². The van der Waals surface area contributed by atoms with Crippen LogP contribution in [0.25, 0.3) is 0 Å². The van der Waals surface area contributed by atoms with E-state index in [-0.39, 0.29) is 4.90 Å². The lowest BCUT2D eigenvalue weighted by Gasteiger charge is -2.36. The molecule has 1 saturated heterocycles. The first-order chi connectivity index (χ1) is 9.18. The van der Waals surface area contributed by atoms with E-state index >= 15 is 0 Å². The summed E-state index contributed by atoms with van der Waals surface area (Å²) in [5.41, 5.74) is -0.760. The predicted octanol–water partition coefficient (Wildman–Crippen LogP) is -0.503. The van der Waals surface area contributed by atoms with Gasteiger partial charge in [0.1, 0.15) is 4.90 Å². The molecule has 0 unspecified atom stereocenters. The summed E-state index contributed by atoms with van der Waals surface area (Å²) in [6, 6.07) is 0. The SMILES string of the molecule is Cn1cc(S(=O)(=O)N2CCN(CC(C)(C)O)CC2)cn1. The number of aromatic nitrogens is 2. The van der Waals surface area contributed by atoms with Gasteiger partial charge in [0.2, 0.25) is 10.0 Å². The maximum absolute atomic E-state index is 12.4. The molecule has 1 aromatic heterocycles. The van der Waals surface area contributed by atoms with E-state index in [2.05, 4.69) is 10.00 Å². The van der Waals surface area contributed by atoms with Crippen LogP contribution in [0.2, 0.25) is 0 Å². The Balaban J connectivity index is 2.00. The first kappa shape index (κ1) is 15.4. The third-order valence-electron chi connectivity index (χ3n) is 3.26. The van der Waals surface area contributed by atoms with Gasteiger partial charge in [0.25, 0.3) is 0 Å². The van der Waals surface area contributed by atoms with Gasteiger partial charge in [-0.15, -0.1) is 0 Å². The van der Waals surface area contributed by atoms with Gasteiger partial charge in [-0.3, -0.25) is 9.58 Å². The fourth-order valence-corrected chi connectivity index (χ4v) is 3.76. The first-order valence-corrected chi connectivity index (χ1v) is 8.06. The van der Waals surface area contributed by atoms with Crippen molar-refractivity contribution in [1.29, 1.82) is 0 Å². The molecule has 1 aromatic rings. The molecule has 0 bridgehead atoms. The second-order valence-electron chi connectivity index (χ2n) is 5.84. The number of sulfonamides is 1. The Labute approximate surface area is 119 Å². The molecule has 114 valence electrons. The van der Waals surface area contributed by atoms with Crippen LogP contribution in [-0.2, 0) is 17.1 Å². The third-order valence-corrected chi connectivity index (χ3v) is 5.11. The molecule has 1 fully saturated rings. The van der Waals surface area contributed by atoms with E-state index in [0.29, 0.717) is 32.7 Å². The van der Waals surface area contributed by atoms with Crippen molar-refractivity contribution in [3.8, 4) is 0 Å². The summed E-state index contributed by atoms with van der Waals surface area (Å²) >= 11 is 0. The summed E-state index contributed by atoms with van der Waals surface area (Å²) in [4.78, 5) is 2.31. The van der Waals surface area contributed by atoms with Gasteiger partial charge in [0.05, 0.1) is 11.8 Å². The number of hydrogen-bond acceptors (Lipinski definition) is 5. The van der Waals surface area contributed by atoms with Crippen LogP contribution in [0.1, 0.15) is 13.8 Å². The van der Waals surface area contributed by atoms with Crippen LogP contribution in [-0.4, -0.2) is 70.8 Å². The molecule has 2 heterocycles. The minimum Gasteiger partial charge on any atom is -0.389 e. The highest BCUT2D eigenvalue weighted by molar-refractivity contribution is 7.89. The molecule has 0 saturated carbocycles. The van der Waals surface area contributed by atoms with E-state index in [9.17, 15) is 13.5 Å². The van der Waals surface area contributed by atoms with Crippen LogP contribution < -0.4 is 0 Å². The van der Waals surface area contributed by atoms with Crippen LogP contribution in [0.4, 0.5) is 0 Å². The monoisotopic (exact) mass is 302 g/mol. The zero-order chi connectivity index (χ0) is 15.0. The molecule has 20 heavy (non-hydrogen) atoms. The second-order valence-corrected chi connectivity index (χ2v) is 7.78. The van der Waals surface area contributed by atoms with Gasteiger partial charge in [0.15, 0.2) is 0 Å². The number of aliphatic hydroxyl groups is 1. The lowest BCUT2D eigenvalue weighted by molar-refractivity contribution is 0.0263. The molecule has 0 aromatic carbocycles. The van der Waals surface area contributed by atoms with Gasteiger partial charge in [-0.2, -0.15) is 9.40 Å². The maximum Gasteiger partial charge on any atom is 0.246 e. The fourth-order valence-electron chi connectivity index (χ4n) is 2.36. The maximum atomic E-state index is 12.4. The summed E-state index contributed by atoms with van der Waals surface area (Å²) in [7, 11) is -1.75. The highest BCUT2D eigenvalue weighted by Gasteiger charge is 2.30. The van der Waals surface area contributed by atoms with Gasteiger partial charge < -0.3 is 5.11 Å². The Morgan fingerprint density at radius 3 is 2.35 bits per heavy atom. The molecular formula is C12H22N4O3S. The Morgan fingerprint density at radius 2 is 1.90 bits per heavy atom. The van der Waals surface area contributed by atoms with Crippen molar-refractivity contribution in [3.05, 3.63) is 12.4 Å². The number of nitrogens with zero attached hydrogens (tertiary/aromatic N) is 4. The van der Waals surface area contributed by atoms with Crippen LogP contribution in [0.3, 0.4) is 0 Å². The number of β-amino-alcohol motifs (C(OH)–C–C–N with tert-alkyl or cyclic N) is 1. The van der Waals surface area contributed by atoms with Crippen molar-refractivity contribution in [2.45, 2.75) is 24.3 Å². The van der Waals surface area contributed by atoms with Crippen molar-refractivity contribution in [3.63, 3.8) is 0 Å². The zero-order valence-electron chi connectivity index (χ0n) is 12.2. The number of rotatable bonds is 4. The number of hydrogen-bond donors (Lipinski definition) is 1. The van der Waals surface area contributed by atoms with E-state index in [1.165, 1.54) is 21.4 Å². The van der Waals surface area contributed by atoms with E-state index in [1.54, 1.807) is 20.9 Å². The van der Waals surface area contributed by atoms with Crippen molar-refractivity contribution in [2.75, 3.05) is 32.7 Å². The van der Waals surface area contributed by atoms with Crippen LogP contribution in [0.5, 0.6) is 0 Å². The topological polar surface area (TPSA) is 78.7 Å². The minimum atomic E-state index is -3.45. The quantitative estimate of drug-likeness (QED) is 0.811. The van der Waals surface area contributed by atoms with Gasteiger partial charge in [0, 0.05) is 46.0 Å². The molecule has 0 amide bonds.